The van der Waals surface area contributed by atoms with E-state index in [1.165, 1.54) is 19.4 Å². The summed E-state index contributed by atoms with van der Waals surface area (Å²) >= 11 is 0. The third-order valence-electron chi connectivity index (χ3n) is 2.04. The molecule has 2 aliphatic rings. The first-order chi connectivity index (χ1) is 3.92. The highest BCUT2D eigenvalue weighted by molar-refractivity contribution is 5.00. The Morgan fingerprint density at radius 3 is 2.62 bits per heavy atom. The molecule has 1 aliphatic carbocycles. The third kappa shape index (κ3) is 0.644. The molecule has 2 rings (SSSR count). The summed E-state index contributed by atoms with van der Waals surface area (Å²) in [6, 6.07) is 1.71. The van der Waals surface area contributed by atoms with Gasteiger partial charge in [0.15, 0.2) is 0 Å². The fourth-order valence-corrected chi connectivity index (χ4v) is 1.26. The second-order valence-corrected chi connectivity index (χ2v) is 2.82. The molecule has 2 atom stereocenters. The molecule has 2 fully saturated rings. The molecule has 0 aromatic heterocycles. The van der Waals surface area contributed by atoms with Crippen LogP contribution in [0.25, 0.3) is 0 Å². The van der Waals surface area contributed by atoms with Gasteiger partial charge in [0.25, 0.3) is 0 Å². The van der Waals surface area contributed by atoms with E-state index in [-0.39, 0.29) is 0 Å². The van der Waals surface area contributed by atoms with Crippen LogP contribution in [0.3, 0.4) is 0 Å². The summed E-state index contributed by atoms with van der Waals surface area (Å²) < 4.78 is 0. The molecule has 0 amide bonds. The minimum absolute atomic E-state index is 0.766. The largest absolute Gasteiger partial charge is 0.329 e. The number of nitrogens with two attached hydrogens (primary N) is 1. The number of hydrogen-bond acceptors (Lipinski definition) is 2. The predicted octanol–water partition coefficient (Wildman–Crippen LogP) is -0.208. The zero-order chi connectivity index (χ0) is 5.56. The Kier molecular flexibility index (Phi) is 0.866. The van der Waals surface area contributed by atoms with Gasteiger partial charge in [-0.1, -0.05) is 0 Å². The summed E-state index contributed by atoms with van der Waals surface area (Å²) in [6.45, 7) is 2.15. The second kappa shape index (κ2) is 1.45. The van der Waals surface area contributed by atoms with Crippen molar-refractivity contribution in [2.75, 3.05) is 13.1 Å². The summed E-state index contributed by atoms with van der Waals surface area (Å²) in [4.78, 5) is 2.50. The van der Waals surface area contributed by atoms with Crippen molar-refractivity contribution in [2.45, 2.75) is 24.9 Å². The molecule has 1 heterocycles. The van der Waals surface area contributed by atoms with Gasteiger partial charge in [0.2, 0.25) is 0 Å². The zero-order valence-corrected chi connectivity index (χ0v) is 5.01. The SMILES string of the molecule is NCC1CN1C1CC1. The summed E-state index contributed by atoms with van der Waals surface area (Å²) in [5, 5.41) is 0. The molecule has 0 bridgehead atoms. The van der Waals surface area contributed by atoms with Gasteiger partial charge in [-0.25, -0.2) is 0 Å². The van der Waals surface area contributed by atoms with Crippen molar-refractivity contribution in [3.8, 4) is 0 Å². The van der Waals surface area contributed by atoms with Crippen molar-refractivity contribution < 1.29 is 0 Å². The van der Waals surface area contributed by atoms with Crippen molar-refractivity contribution in [3.63, 3.8) is 0 Å². The van der Waals surface area contributed by atoms with E-state index in [1.807, 2.05) is 0 Å². The Labute approximate surface area is 49.7 Å². The first-order valence-electron chi connectivity index (χ1n) is 3.37. The van der Waals surface area contributed by atoms with E-state index in [0.717, 1.165) is 18.6 Å². The van der Waals surface area contributed by atoms with Crippen molar-refractivity contribution in [3.05, 3.63) is 0 Å². The van der Waals surface area contributed by atoms with Gasteiger partial charge in [0, 0.05) is 25.2 Å². The highest BCUT2D eigenvalue weighted by Gasteiger charge is 2.43. The highest BCUT2D eigenvalue weighted by atomic mass is 15.3. The van der Waals surface area contributed by atoms with Crippen LogP contribution in [-0.4, -0.2) is 30.1 Å². The minimum atomic E-state index is 0.766. The molecule has 0 radical (unpaired) electrons. The Balaban J connectivity index is 1.79. The molecule has 2 unspecified atom stereocenters. The van der Waals surface area contributed by atoms with Crippen LogP contribution in [0.2, 0.25) is 0 Å². The summed E-state index contributed by atoms with van der Waals surface area (Å²) in [5.74, 6) is 0. The standard InChI is InChI=1S/C6H12N2/c7-3-6-4-8(6)5-1-2-5/h5-6H,1-4,7H2. The van der Waals surface area contributed by atoms with Gasteiger partial charge in [-0.05, 0) is 12.8 Å². The average molecular weight is 112 g/mol. The van der Waals surface area contributed by atoms with Gasteiger partial charge in [-0.2, -0.15) is 0 Å². The van der Waals surface area contributed by atoms with Gasteiger partial charge < -0.3 is 5.73 Å². The highest BCUT2D eigenvalue weighted by Crippen LogP contribution is 2.35. The van der Waals surface area contributed by atoms with Crippen molar-refractivity contribution in [1.82, 2.24) is 4.90 Å². The van der Waals surface area contributed by atoms with Gasteiger partial charge in [0.05, 0.1) is 0 Å². The second-order valence-electron chi connectivity index (χ2n) is 2.82. The van der Waals surface area contributed by atoms with Crippen LogP contribution in [-0.2, 0) is 0 Å². The van der Waals surface area contributed by atoms with E-state index in [4.69, 9.17) is 5.73 Å². The topological polar surface area (TPSA) is 29.0 Å². The first kappa shape index (κ1) is 4.77. The predicted molar refractivity (Wildman–Crippen MR) is 32.6 cm³/mol. The van der Waals surface area contributed by atoms with E-state index >= 15 is 0 Å². The van der Waals surface area contributed by atoms with Crippen LogP contribution < -0.4 is 5.73 Å². The molecule has 1 saturated heterocycles. The number of nitrogens with zero attached hydrogens (tertiary/aromatic N) is 1. The van der Waals surface area contributed by atoms with Crippen LogP contribution in [0.5, 0.6) is 0 Å². The number of rotatable bonds is 2. The Morgan fingerprint density at radius 1 is 1.50 bits per heavy atom. The van der Waals surface area contributed by atoms with E-state index in [1.54, 1.807) is 0 Å². The van der Waals surface area contributed by atoms with E-state index < -0.39 is 0 Å². The Bertz CT molecular complexity index is 98.7. The Morgan fingerprint density at radius 2 is 2.25 bits per heavy atom. The van der Waals surface area contributed by atoms with E-state index in [2.05, 4.69) is 4.90 Å². The quantitative estimate of drug-likeness (QED) is 0.501. The van der Waals surface area contributed by atoms with Crippen molar-refractivity contribution >= 4 is 0 Å². The van der Waals surface area contributed by atoms with Gasteiger partial charge >= 0.3 is 0 Å². The molecule has 46 valence electrons. The van der Waals surface area contributed by atoms with E-state index in [0.29, 0.717) is 0 Å². The fraction of sp³-hybridized carbons (Fsp3) is 1.00. The lowest BCUT2D eigenvalue weighted by Gasteiger charge is -1.94. The molecular formula is C6H12N2. The molecule has 0 aromatic carbocycles. The molecule has 1 aliphatic heterocycles. The number of hydrogen-bond donors (Lipinski definition) is 1. The molecule has 2 N–H and O–H groups in total. The smallest absolute Gasteiger partial charge is 0.0349 e. The van der Waals surface area contributed by atoms with Crippen molar-refractivity contribution in [1.29, 1.82) is 0 Å². The normalized spacial score (nSPS) is 44.6. The lowest BCUT2D eigenvalue weighted by molar-refractivity contribution is 0.499. The van der Waals surface area contributed by atoms with Crippen LogP contribution in [0, 0.1) is 0 Å². The summed E-state index contributed by atoms with van der Waals surface area (Å²) in [7, 11) is 0. The lowest BCUT2D eigenvalue weighted by Crippen LogP contribution is -2.13. The van der Waals surface area contributed by atoms with Gasteiger partial charge in [-0.3, -0.25) is 4.90 Å². The first-order valence-corrected chi connectivity index (χ1v) is 3.37. The maximum Gasteiger partial charge on any atom is 0.0349 e. The summed E-state index contributed by atoms with van der Waals surface area (Å²) in [5.41, 5.74) is 5.45. The monoisotopic (exact) mass is 112 g/mol. The molecule has 8 heavy (non-hydrogen) atoms. The maximum atomic E-state index is 5.45. The molecule has 1 saturated carbocycles. The van der Waals surface area contributed by atoms with E-state index in [9.17, 15) is 0 Å². The van der Waals surface area contributed by atoms with Crippen LogP contribution in [0.15, 0.2) is 0 Å². The van der Waals surface area contributed by atoms with Gasteiger partial charge in [0.1, 0.15) is 0 Å². The summed E-state index contributed by atoms with van der Waals surface area (Å²) in [6.07, 6.45) is 2.85. The average Bonchev–Trinajstić information content (AvgIpc) is 2.62. The minimum Gasteiger partial charge on any atom is -0.329 e. The molecule has 2 heteroatoms. The van der Waals surface area contributed by atoms with Crippen LogP contribution in [0.1, 0.15) is 12.8 Å². The maximum absolute atomic E-state index is 5.45. The molecule has 2 nitrogen and oxygen atoms in total. The molecule has 0 aromatic rings. The molecular weight excluding hydrogens is 100 g/mol. The lowest BCUT2D eigenvalue weighted by atomic mass is 10.5. The van der Waals surface area contributed by atoms with Crippen molar-refractivity contribution in [2.24, 2.45) is 5.73 Å². The van der Waals surface area contributed by atoms with Crippen LogP contribution in [0.4, 0.5) is 0 Å². The molecule has 0 spiro atoms. The van der Waals surface area contributed by atoms with Gasteiger partial charge in [-0.15, -0.1) is 0 Å². The fourth-order valence-electron chi connectivity index (χ4n) is 1.26. The zero-order valence-electron chi connectivity index (χ0n) is 5.01. The van der Waals surface area contributed by atoms with Crippen LogP contribution >= 0.6 is 0 Å². The third-order valence-corrected chi connectivity index (χ3v) is 2.04. The Hall–Kier alpha value is -0.0800.